The van der Waals surface area contributed by atoms with Gasteiger partial charge in [0.1, 0.15) is 11.5 Å². The average molecular weight is 351 g/mol. The molecule has 0 aliphatic carbocycles. The number of hydrogen-bond donors (Lipinski definition) is 0. The van der Waals surface area contributed by atoms with E-state index in [1.165, 1.54) is 4.31 Å². The Kier molecular flexibility index (Phi) is 3.93. The summed E-state index contributed by atoms with van der Waals surface area (Å²) in [6.45, 7) is 0.476. The van der Waals surface area contributed by atoms with Gasteiger partial charge in [0.25, 0.3) is 10.0 Å². The number of ether oxygens (including phenoxy) is 1. The van der Waals surface area contributed by atoms with Crippen molar-refractivity contribution in [2.45, 2.75) is 11.3 Å². The van der Waals surface area contributed by atoms with Crippen LogP contribution in [0.2, 0.25) is 0 Å². The van der Waals surface area contributed by atoms with Gasteiger partial charge in [-0.15, -0.1) is 0 Å². The van der Waals surface area contributed by atoms with Crippen molar-refractivity contribution >= 4 is 15.7 Å². The van der Waals surface area contributed by atoms with Crippen LogP contribution in [0.25, 0.3) is 0 Å². The molecule has 0 saturated heterocycles. The lowest BCUT2D eigenvalue weighted by Crippen LogP contribution is -2.29. The quantitative estimate of drug-likeness (QED) is 0.707. The maximum absolute atomic E-state index is 13.0. The second-order valence-electron chi connectivity index (χ2n) is 5.84. The van der Waals surface area contributed by atoms with E-state index in [1.54, 1.807) is 24.3 Å². The topological polar surface area (TPSA) is 46.6 Å². The highest BCUT2D eigenvalue weighted by atomic mass is 32.2. The normalized spacial score (nSPS) is 13.5. The first-order valence-electron chi connectivity index (χ1n) is 8.08. The number of sulfonamides is 1. The molecular formula is C20H17NO3S. The summed E-state index contributed by atoms with van der Waals surface area (Å²) in [6.07, 6.45) is 0.741. The molecule has 0 saturated carbocycles. The van der Waals surface area contributed by atoms with Crippen molar-refractivity contribution < 1.29 is 13.2 Å². The molecule has 126 valence electrons. The minimum Gasteiger partial charge on any atom is -0.457 e. The van der Waals surface area contributed by atoms with Crippen molar-refractivity contribution in [1.29, 1.82) is 0 Å². The Balaban J connectivity index is 1.59. The number of fused-ring (bicyclic) bond motifs is 1. The Morgan fingerprint density at radius 1 is 0.760 bits per heavy atom. The number of benzene rings is 3. The fourth-order valence-electron chi connectivity index (χ4n) is 2.99. The molecule has 1 aliphatic rings. The van der Waals surface area contributed by atoms with E-state index in [0.29, 0.717) is 18.0 Å². The van der Waals surface area contributed by atoms with Crippen LogP contribution in [0.4, 0.5) is 5.69 Å². The van der Waals surface area contributed by atoms with E-state index in [-0.39, 0.29) is 4.90 Å². The molecule has 0 radical (unpaired) electrons. The maximum Gasteiger partial charge on any atom is 0.264 e. The molecule has 0 bridgehead atoms. The Bertz CT molecular complexity index is 983. The summed E-state index contributed by atoms with van der Waals surface area (Å²) in [4.78, 5) is 0.268. The largest absolute Gasteiger partial charge is 0.457 e. The number of para-hydroxylation sites is 2. The molecular weight excluding hydrogens is 334 g/mol. The van der Waals surface area contributed by atoms with Crippen LogP contribution in [0, 0.1) is 0 Å². The second kappa shape index (κ2) is 6.26. The average Bonchev–Trinajstić information content (AvgIpc) is 3.08. The van der Waals surface area contributed by atoms with Crippen molar-refractivity contribution in [3.63, 3.8) is 0 Å². The van der Waals surface area contributed by atoms with Gasteiger partial charge in [-0.25, -0.2) is 8.42 Å². The molecule has 1 aliphatic heterocycles. The second-order valence-corrected chi connectivity index (χ2v) is 7.70. The zero-order valence-corrected chi connectivity index (χ0v) is 14.3. The Morgan fingerprint density at radius 3 is 2.16 bits per heavy atom. The zero-order valence-electron chi connectivity index (χ0n) is 13.5. The van der Waals surface area contributed by atoms with E-state index in [2.05, 4.69) is 0 Å². The fraction of sp³-hybridized carbons (Fsp3) is 0.100. The van der Waals surface area contributed by atoms with Gasteiger partial charge in [-0.05, 0) is 54.4 Å². The molecule has 3 aromatic carbocycles. The van der Waals surface area contributed by atoms with Crippen molar-refractivity contribution in [2.24, 2.45) is 0 Å². The minimum atomic E-state index is -3.56. The van der Waals surface area contributed by atoms with E-state index < -0.39 is 10.0 Å². The SMILES string of the molecule is O=S(=O)(c1ccc(Oc2ccccc2)cc1)N1CCc2ccccc21. The first-order valence-corrected chi connectivity index (χ1v) is 9.52. The van der Waals surface area contributed by atoms with E-state index in [9.17, 15) is 8.42 Å². The number of hydrogen-bond acceptors (Lipinski definition) is 3. The molecule has 25 heavy (non-hydrogen) atoms. The molecule has 4 nitrogen and oxygen atoms in total. The highest BCUT2D eigenvalue weighted by Crippen LogP contribution is 2.33. The van der Waals surface area contributed by atoms with Gasteiger partial charge in [0.05, 0.1) is 10.6 Å². The summed E-state index contributed by atoms with van der Waals surface area (Å²) in [5.74, 6) is 1.32. The van der Waals surface area contributed by atoms with Crippen molar-refractivity contribution in [3.05, 3.63) is 84.4 Å². The summed E-state index contributed by atoms with van der Waals surface area (Å²) in [7, 11) is -3.56. The predicted octanol–water partition coefficient (Wildman–Crippen LogP) is 4.23. The molecule has 0 amide bonds. The lowest BCUT2D eigenvalue weighted by atomic mass is 10.2. The third kappa shape index (κ3) is 2.98. The number of anilines is 1. The van der Waals surface area contributed by atoms with Crippen molar-refractivity contribution in [1.82, 2.24) is 0 Å². The monoisotopic (exact) mass is 351 g/mol. The third-order valence-electron chi connectivity index (χ3n) is 4.24. The predicted molar refractivity (Wildman–Crippen MR) is 97.6 cm³/mol. The first-order chi connectivity index (χ1) is 12.1. The van der Waals surface area contributed by atoms with Gasteiger partial charge in [0.2, 0.25) is 0 Å². The number of nitrogens with zero attached hydrogens (tertiary/aromatic N) is 1. The van der Waals surface area contributed by atoms with Crippen LogP contribution < -0.4 is 9.04 Å². The van der Waals surface area contributed by atoms with Crippen LogP contribution in [0.1, 0.15) is 5.56 Å². The molecule has 0 unspecified atom stereocenters. The van der Waals surface area contributed by atoms with Gasteiger partial charge in [-0.1, -0.05) is 36.4 Å². The highest BCUT2D eigenvalue weighted by Gasteiger charge is 2.30. The molecule has 3 aromatic rings. The summed E-state index contributed by atoms with van der Waals surface area (Å²) in [5, 5.41) is 0. The van der Waals surface area contributed by atoms with Gasteiger partial charge < -0.3 is 4.74 Å². The Morgan fingerprint density at radius 2 is 1.40 bits per heavy atom. The molecule has 1 heterocycles. The fourth-order valence-corrected chi connectivity index (χ4v) is 4.49. The van der Waals surface area contributed by atoms with Crippen LogP contribution >= 0.6 is 0 Å². The van der Waals surface area contributed by atoms with E-state index >= 15 is 0 Å². The summed E-state index contributed by atoms with van der Waals surface area (Å²) >= 11 is 0. The van der Waals surface area contributed by atoms with Gasteiger partial charge in [-0.3, -0.25) is 4.31 Å². The van der Waals surface area contributed by atoms with E-state index in [0.717, 1.165) is 17.7 Å². The summed E-state index contributed by atoms with van der Waals surface area (Å²) in [6, 6.07) is 23.6. The van der Waals surface area contributed by atoms with Crippen LogP contribution in [-0.2, 0) is 16.4 Å². The standard InChI is InChI=1S/C20H17NO3S/c22-25(23,21-15-14-16-6-4-5-9-20(16)21)19-12-10-18(11-13-19)24-17-7-2-1-3-8-17/h1-13H,14-15H2. The maximum atomic E-state index is 13.0. The number of rotatable bonds is 4. The van der Waals surface area contributed by atoms with Crippen molar-refractivity contribution in [2.75, 3.05) is 10.8 Å². The lowest BCUT2D eigenvalue weighted by molar-refractivity contribution is 0.482. The van der Waals surface area contributed by atoms with E-state index in [1.807, 2.05) is 54.6 Å². The van der Waals surface area contributed by atoms with Crippen LogP contribution in [0.15, 0.2) is 83.8 Å². The van der Waals surface area contributed by atoms with Crippen LogP contribution in [0.3, 0.4) is 0 Å². The summed E-state index contributed by atoms with van der Waals surface area (Å²) in [5.41, 5.74) is 1.84. The lowest BCUT2D eigenvalue weighted by Gasteiger charge is -2.19. The molecule has 0 spiro atoms. The molecule has 0 N–H and O–H groups in total. The minimum absolute atomic E-state index is 0.268. The molecule has 0 fully saturated rings. The zero-order chi connectivity index (χ0) is 17.3. The summed E-state index contributed by atoms with van der Waals surface area (Å²) < 4.78 is 33.1. The molecule has 5 heteroatoms. The van der Waals surface area contributed by atoms with Gasteiger partial charge >= 0.3 is 0 Å². The smallest absolute Gasteiger partial charge is 0.264 e. The van der Waals surface area contributed by atoms with Crippen molar-refractivity contribution in [3.8, 4) is 11.5 Å². The Hall–Kier alpha value is -2.79. The van der Waals surface area contributed by atoms with Crippen LogP contribution in [-0.4, -0.2) is 15.0 Å². The third-order valence-corrected chi connectivity index (χ3v) is 6.06. The molecule has 4 rings (SSSR count). The van der Waals surface area contributed by atoms with E-state index in [4.69, 9.17) is 4.74 Å². The van der Waals surface area contributed by atoms with Gasteiger partial charge in [0, 0.05) is 6.54 Å². The first kappa shape index (κ1) is 15.7. The molecule has 0 atom stereocenters. The highest BCUT2D eigenvalue weighted by molar-refractivity contribution is 7.92. The van der Waals surface area contributed by atoms with Crippen LogP contribution in [0.5, 0.6) is 11.5 Å². The Labute approximate surface area is 147 Å². The van der Waals surface area contributed by atoms with Gasteiger partial charge in [0.15, 0.2) is 0 Å². The molecule has 0 aromatic heterocycles. The van der Waals surface area contributed by atoms with Gasteiger partial charge in [-0.2, -0.15) is 0 Å².